The number of hydrogen-bond acceptors (Lipinski definition) is 7. The third kappa shape index (κ3) is 9.69. The third-order valence-corrected chi connectivity index (χ3v) is 7.86. The number of carbonyl (C=O) groups excluding carboxylic acids is 6. The molecular weight excluding hydrogens is 582 g/mol. The fourth-order valence-electron chi connectivity index (χ4n) is 5.02. The molecule has 13 nitrogen and oxygen atoms in total. The SMILES string of the molecule is CCC(C)[C@@H](C(=O)N[C@@H](CCNC(=O)c1cc(F)cc(F)c1)C(=O)NO)N(C)C(=O)[C@@H]1CCCN1C(=O)CCN(C)C(C)=O. The van der Waals surface area contributed by atoms with Crippen LogP contribution >= 0.6 is 0 Å². The summed E-state index contributed by atoms with van der Waals surface area (Å²) in [6.45, 7) is 5.32. The minimum Gasteiger partial charge on any atom is -0.352 e. The van der Waals surface area contributed by atoms with Crippen molar-refractivity contribution in [1.29, 1.82) is 0 Å². The summed E-state index contributed by atoms with van der Waals surface area (Å²) >= 11 is 0. The Labute approximate surface area is 255 Å². The van der Waals surface area contributed by atoms with E-state index in [2.05, 4.69) is 10.6 Å². The molecule has 1 saturated heterocycles. The molecule has 15 heteroatoms. The fourth-order valence-corrected chi connectivity index (χ4v) is 5.02. The van der Waals surface area contributed by atoms with Gasteiger partial charge in [-0.2, -0.15) is 0 Å². The van der Waals surface area contributed by atoms with E-state index in [-0.39, 0.29) is 49.2 Å². The summed E-state index contributed by atoms with van der Waals surface area (Å²) in [5, 5.41) is 14.2. The number of nitrogens with zero attached hydrogens (tertiary/aromatic N) is 3. The van der Waals surface area contributed by atoms with Gasteiger partial charge in [-0.15, -0.1) is 0 Å². The van der Waals surface area contributed by atoms with Gasteiger partial charge in [-0.1, -0.05) is 20.3 Å². The molecule has 1 fully saturated rings. The van der Waals surface area contributed by atoms with E-state index >= 15 is 0 Å². The first kappa shape index (κ1) is 36.1. The Morgan fingerprint density at radius 1 is 1.07 bits per heavy atom. The molecule has 0 aromatic heterocycles. The Balaban J connectivity index is 2.12. The lowest BCUT2D eigenvalue weighted by Crippen LogP contribution is -2.58. The van der Waals surface area contributed by atoms with E-state index in [1.54, 1.807) is 14.0 Å². The van der Waals surface area contributed by atoms with Crippen molar-refractivity contribution in [2.24, 2.45) is 5.92 Å². The van der Waals surface area contributed by atoms with Crippen LogP contribution in [0.15, 0.2) is 18.2 Å². The standard InChI is InChI=1S/C29H42F2N6O7/c1-6-17(2)25(36(5)29(43)23-8-7-12-37(23)24(39)10-13-35(4)18(3)38)28(42)33-22(27(41)34-44)9-11-32-26(40)19-14-20(30)16-21(31)15-19/h14-17,22-23,25,44H,6-13H2,1-5H3,(H,32,40)(H,33,42)(H,34,41)/t17?,22-,23-,25-/m0/s1. The Morgan fingerprint density at radius 2 is 1.70 bits per heavy atom. The summed E-state index contributed by atoms with van der Waals surface area (Å²) in [6, 6.07) is -0.894. The van der Waals surface area contributed by atoms with Gasteiger partial charge in [0.25, 0.3) is 11.8 Å². The van der Waals surface area contributed by atoms with Gasteiger partial charge in [-0.3, -0.25) is 34.0 Å². The summed E-state index contributed by atoms with van der Waals surface area (Å²) in [7, 11) is 3.03. The van der Waals surface area contributed by atoms with Gasteiger partial charge in [0.1, 0.15) is 29.8 Å². The van der Waals surface area contributed by atoms with Crippen LogP contribution in [0.3, 0.4) is 0 Å². The second-order valence-corrected chi connectivity index (χ2v) is 11.0. The first-order valence-corrected chi connectivity index (χ1v) is 14.5. The molecule has 1 heterocycles. The molecule has 1 aliphatic rings. The van der Waals surface area contributed by atoms with Crippen LogP contribution < -0.4 is 16.1 Å². The molecule has 1 aromatic carbocycles. The van der Waals surface area contributed by atoms with Crippen molar-refractivity contribution < 1.29 is 42.8 Å². The molecule has 0 saturated carbocycles. The van der Waals surface area contributed by atoms with E-state index in [9.17, 15) is 42.8 Å². The molecule has 0 spiro atoms. The molecule has 244 valence electrons. The number of carbonyl (C=O) groups is 6. The molecule has 4 atom stereocenters. The number of hydroxylamine groups is 1. The van der Waals surface area contributed by atoms with Gasteiger partial charge in [0.15, 0.2) is 0 Å². The van der Waals surface area contributed by atoms with Crippen molar-refractivity contribution >= 4 is 35.4 Å². The lowest BCUT2D eigenvalue weighted by atomic mass is 9.95. The van der Waals surface area contributed by atoms with Crippen molar-refractivity contribution in [3.8, 4) is 0 Å². The number of rotatable bonds is 14. The largest absolute Gasteiger partial charge is 0.352 e. The fraction of sp³-hybridized carbons (Fsp3) is 0.586. The average molecular weight is 625 g/mol. The zero-order chi connectivity index (χ0) is 33.1. The Kier molecular flexibility index (Phi) is 13.6. The number of hydrogen-bond donors (Lipinski definition) is 4. The zero-order valence-electron chi connectivity index (χ0n) is 25.7. The highest BCUT2D eigenvalue weighted by Gasteiger charge is 2.40. The maximum atomic E-state index is 13.6. The van der Waals surface area contributed by atoms with Crippen LogP contribution in [-0.2, 0) is 24.0 Å². The predicted molar refractivity (Wildman–Crippen MR) is 154 cm³/mol. The van der Waals surface area contributed by atoms with Gasteiger partial charge in [0.05, 0.1) is 0 Å². The van der Waals surface area contributed by atoms with E-state index < -0.39 is 53.4 Å². The smallest absolute Gasteiger partial charge is 0.265 e. The van der Waals surface area contributed by atoms with Crippen LogP contribution in [0.4, 0.5) is 8.78 Å². The van der Waals surface area contributed by atoms with Gasteiger partial charge in [0, 0.05) is 58.7 Å². The molecule has 4 N–H and O–H groups in total. The van der Waals surface area contributed by atoms with Gasteiger partial charge in [-0.25, -0.2) is 14.3 Å². The highest BCUT2D eigenvalue weighted by Crippen LogP contribution is 2.23. The molecule has 1 aliphatic heterocycles. The summed E-state index contributed by atoms with van der Waals surface area (Å²) in [5.74, 6) is -5.68. The zero-order valence-corrected chi connectivity index (χ0v) is 25.7. The molecule has 2 rings (SSSR count). The monoisotopic (exact) mass is 624 g/mol. The highest BCUT2D eigenvalue weighted by atomic mass is 19.1. The Morgan fingerprint density at radius 3 is 2.27 bits per heavy atom. The summed E-state index contributed by atoms with van der Waals surface area (Å²) in [5.41, 5.74) is 1.18. The summed E-state index contributed by atoms with van der Waals surface area (Å²) in [6.07, 6.45) is 1.31. The second kappa shape index (κ2) is 16.6. The lowest BCUT2D eigenvalue weighted by molar-refractivity contribution is -0.149. The van der Waals surface area contributed by atoms with Crippen LogP contribution in [0, 0.1) is 17.6 Å². The van der Waals surface area contributed by atoms with Crippen molar-refractivity contribution in [3.63, 3.8) is 0 Å². The quantitative estimate of drug-likeness (QED) is 0.175. The lowest BCUT2D eigenvalue weighted by Gasteiger charge is -2.36. The minimum absolute atomic E-state index is 0.0431. The first-order chi connectivity index (χ1) is 20.7. The normalized spacial score (nSPS) is 16.4. The van der Waals surface area contributed by atoms with Crippen LogP contribution in [0.25, 0.3) is 0 Å². The van der Waals surface area contributed by atoms with Crippen LogP contribution in [0.2, 0.25) is 0 Å². The molecular formula is C29H42F2N6O7. The van der Waals surface area contributed by atoms with E-state index in [1.165, 1.54) is 34.2 Å². The van der Waals surface area contributed by atoms with Gasteiger partial charge >= 0.3 is 0 Å². The first-order valence-electron chi connectivity index (χ1n) is 14.5. The van der Waals surface area contributed by atoms with Crippen LogP contribution in [0.5, 0.6) is 0 Å². The number of halogens is 2. The summed E-state index contributed by atoms with van der Waals surface area (Å²) < 4.78 is 26.9. The van der Waals surface area contributed by atoms with Crippen molar-refractivity contribution in [1.82, 2.24) is 30.8 Å². The molecule has 0 radical (unpaired) electrons. The summed E-state index contributed by atoms with van der Waals surface area (Å²) in [4.78, 5) is 80.5. The van der Waals surface area contributed by atoms with Crippen LogP contribution in [0.1, 0.15) is 63.2 Å². The predicted octanol–water partition coefficient (Wildman–Crippen LogP) is 0.807. The number of amides is 6. The molecule has 1 unspecified atom stereocenters. The Bertz CT molecular complexity index is 1210. The molecule has 0 bridgehead atoms. The van der Waals surface area contributed by atoms with Gasteiger partial charge in [-0.05, 0) is 37.3 Å². The average Bonchev–Trinajstić information content (AvgIpc) is 3.47. The number of likely N-dealkylation sites (tertiary alicyclic amines) is 1. The molecule has 1 aromatic rings. The molecule has 44 heavy (non-hydrogen) atoms. The van der Waals surface area contributed by atoms with E-state index in [1.807, 2.05) is 6.92 Å². The molecule has 6 amide bonds. The third-order valence-electron chi connectivity index (χ3n) is 7.86. The van der Waals surface area contributed by atoms with E-state index in [0.29, 0.717) is 31.9 Å². The minimum atomic E-state index is -1.34. The second-order valence-electron chi connectivity index (χ2n) is 11.0. The van der Waals surface area contributed by atoms with Crippen LogP contribution in [-0.4, -0.2) is 107 Å². The topological polar surface area (TPSA) is 168 Å². The highest BCUT2D eigenvalue weighted by molar-refractivity contribution is 5.95. The van der Waals surface area contributed by atoms with Crippen molar-refractivity contribution in [2.75, 3.05) is 33.7 Å². The number of benzene rings is 1. The maximum absolute atomic E-state index is 13.6. The number of likely N-dealkylation sites (N-methyl/N-ethyl adjacent to an activating group) is 1. The van der Waals surface area contributed by atoms with Crippen molar-refractivity contribution in [3.05, 3.63) is 35.4 Å². The van der Waals surface area contributed by atoms with E-state index in [0.717, 1.165) is 12.1 Å². The van der Waals surface area contributed by atoms with Gasteiger partial charge < -0.3 is 25.3 Å². The van der Waals surface area contributed by atoms with E-state index in [4.69, 9.17) is 0 Å². The molecule has 0 aliphatic carbocycles. The van der Waals surface area contributed by atoms with Crippen molar-refractivity contribution in [2.45, 2.75) is 71.0 Å². The number of nitrogens with one attached hydrogen (secondary N) is 3. The maximum Gasteiger partial charge on any atom is 0.265 e. The Hall–Kier alpha value is -4.14. The van der Waals surface area contributed by atoms with Gasteiger partial charge in [0.2, 0.25) is 23.6 Å².